The van der Waals surface area contributed by atoms with Crippen LogP contribution in [-0.4, -0.2) is 19.5 Å². The van der Waals surface area contributed by atoms with E-state index in [4.69, 9.17) is 0 Å². The van der Waals surface area contributed by atoms with Crippen LogP contribution >= 0.6 is 0 Å². The molecule has 0 aromatic heterocycles. The number of nitro benzene ring substituents is 1. The van der Waals surface area contributed by atoms with Crippen LogP contribution in [0.1, 0.15) is 5.56 Å². The topological polar surface area (TPSA) is 111 Å². The van der Waals surface area contributed by atoms with Crippen LogP contribution in [0, 0.1) is 10.1 Å². The summed E-state index contributed by atoms with van der Waals surface area (Å²) >= 11 is 0. The first-order chi connectivity index (χ1) is 13.6. The Morgan fingerprint density at radius 2 is 1.83 bits per heavy atom. The fraction of sp³-hybridized carbons (Fsp3) is 0.0556. The van der Waals surface area contributed by atoms with Gasteiger partial charge in [0.05, 0.1) is 21.6 Å². The third kappa shape index (κ3) is 3.12. The van der Waals surface area contributed by atoms with Crippen molar-refractivity contribution in [2.75, 3.05) is 0 Å². The Kier molecular flexibility index (Phi) is 3.96. The van der Waals surface area contributed by atoms with Crippen molar-refractivity contribution in [2.45, 2.75) is 6.18 Å². The normalized spacial score (nSPS) is 11.8. The Labute approximate surface area is 158 Å². The molecule has 2 aliphatic rings. The molecule has 4 rings (SSSR count). The number of nitrogens with one attached hydrogen (secondary N) is 1. The summed E-state index contributed by atoms with van der Waals surface area (Å²) in [7, 11) is 0. The van der Waals surface area contributed by atoms with Crippen LogP contribution in [0.2, 0.25) is 0 Å². The first-order valence-corrected chi connectivity index (χ1v) is 8.07. The van der Waals surface area contributed by atoms with Gasteiger partial charge in [0.25, 0.3) is 11.2 Å². The summed E-state index contributed by atoms with van der Waals surface area (Å²) in [6.07, 6.45) is -4.62. The molecule has 1 N–H and O–H groups in total. The smallest absolute Gasteiger partial charge is 0.294 e. The molecule has 2 aromatic carbocycles. The number of H-pyrrole nitrogens is 1. The first kappa shape index (κ1) is 18.3. The van der Waals surface area contributed by atoms with E-state index in [2.05, 4.69) is 4.98 Å². The van der Waals surface area contributed by atoms with Crippen LogP contribution < -0.4 is 11.2 Å². The average molecular weight is 402 g/mol. The molecule has 0 unspecified atom stereocenters. The highest BCUT2D eigenvalue weighted by Gasteiger charge is 2.31. The van der Waals surface area contributed by atoms with Gasteiger partial charge in [-0.15, -0.1) is 0 Å². The fourth-order valence-electron chi connectivity index (χ4n) is 3.08. The second-order valence-electron chi connectivity index (χ2n) is 6.14. The van der Waals surface area contributed by atoms with Gasteiger partial charge < -0.3 is 0 Å². The number of alkyl halides is 3. The molecule has 0 bridgehead atoms. The summed E-state index contributed by atoms with van der Waals surface area (Å²) < 4.78 is 40.7. The minimum Gasteiger partial charge on any atom is -0.294 e. The second-order valence-corrected chi connectivity index (χ2v) is 6.14. The molecule has 0 spiro atoms. The molecule has 0 amide bonds. The minimum atomic E-state index is -4.62. The lowest BCUT2D eigenvalue weighted by Crippen LogP contribution is -2.27. The SMILES string of the molecule is O=c1nc2n(-c3cccc(C(F)(F)F)c3)c3ccc([N+](=O)[O-])cc3cc-2c(=O)[nH]1. The minimum absolute atomic E-state index is 0.0122. The van der Waals surface area contributed by atoms with Gasteiger partial charge in [0.2, 0.25) is 0 Å². The van der Waals surface area contributed by atoms with E-state index in [1.165, 1.54) is 41.0 Å². The van der Waals surface area contributed by atoms with E-state index in [-0.39, 0.29) is 33.7 Å². The van der Waals surface area contributed by atoms with Crippen molar-refractivity contribution in [1.29, 1.82) is 0 Å². The van der Waals surface area contributed by atoms with E-state index in [9.17, 15) is 32.9 Å². The molecule has 0 radical (unpaired) electrons. The molecule has 0 aliphatic carbocycles. The molecule has 8 nitrogen and oxygen atoms in total. The number of aromatic amines is 1. The number of nitro groups is 1. The molecule has 0 saturated heterocycles. The van der Waals surface area contributed by atoms with Crippen LogP contribution in [0.5, 0.6) is 0 Å². The quantitative estimate of drug-likeness (QED) is 0.315. The van der Waals surface area contributed by atoms with Crippen molar-refractivity contribution in [3.63, 3.8) is 0 Å². The third-order valence-corrected chi connectivity index (χ3v) is 4.32. The van der Waals surface area contributed by atoms with Crippen LogP contribution in [0.4, 0.5) is 18.9 Å². The van der Waals surface area contributed by atoms with Crippen molar-refractivity contribution in [2.24, 2.45) is 0 Å². The molecule has 29 heavy (non-hydrogen) atoms. The van der Waals surface area contributed by atoms with Gasteiger partial charge in [-0.05, 0) is 30.3 Å². The fourth-order valence-corrected chi connectivity index (χ4v) is 3.08. The zero-order valence-electron chi connectivity index (χ0n) is 14.2. The predicted molar refractivity (Wildman–Crippen MR) is 96.2 cm³/mol. The molecular weight excluding hydrogens is 393 g/mol. The monoisotopic (exact) mass is 402 g/mol. The van der Waals surface area contributed by atoms with Gasteiger partial charge >= 0.3 is 11.9 Å². The van der Waals surface area contributed by atoms with Crippen molar-refractivity contribution in [3.05, 3.63) is 85.0 Å². The summed E-state index contributed by atoms with van der Waals surface area (Å²) in [5.74, 6) is -0.167. The Hall–Kier alpha value is -4.02. The van der Waals surface area contributed by atoms with Crippen LogP contribution in [0.3, 0.4) is 0 Å². The van der Waals surface area contributed by atoms with E-state index in [1.54, 1.807) is 0 Å². The molecule has 2 aromatic rings. The van der Waals surface area contributed by atoms with Gasteiger partial charge in [-0.3, -0.25) is 24.5 Å². The number of hydrogen-bond acceptors (Lipinski definition) is 5. The van der Waals surface area contributed by atoms with Gasteiger partial charge in [-0.25, -0.2) is 4.79 Å². The van der Waals surface area contributed by atoms with E-state index in [0.717, 1.165) is 12.1 Å². The number of pyridine rings is 1. The Morgan fingerprint density at radius 1 is 1.07 bits per heavy atom. The number of halogens is 3. The maximum absolute atomic E-state index is 13.2. The highest BCUT2D eigenvalue weighted by molar-refractivity contribution is 5.89. The molecule has 0 atom stereocenters. The maximum Gasteiger partial charge on any atom is 0.416 e. The van der Waals surface area contributed by atoms with Crippen LogP contribution in [0.15, 0.2) is 58.1 Å². The largest absolute Gasteiger partial charge is 0.416 e. The number of nitrogens with zero attached hydrogens (tertiary/aromatic N) is 3. The standard InChI is InChI=1S/C18H9F3N4O4/c19-18(20,21)10-2-1-3-11(8-10)24-14-5-4-12(25(28)29)6-9(14)7-13-15(24)22-17(27)23-16(13)26/h1-8H,(H,23,26,27). The van der Waals surface area contributed by atoms with Crippen molar-refractivity contribution in [1.82, 2.24) is 14.5 Å². The van der Waals surface area contributed by atoms with Crippen molar-refractivity contribution in [3.8, 4) is 17.1 Å². The van der Waals surface area contributed by atoms with E-state index >= 15 is 0 Å². The van der Waals surface area contributed by atoms with E-state index in [1.807, 2.05) is 4.98 Å². The van der Waals surface area contributed by atoms with Gasteiger partial charge in [-0.2, -0.15) is 18.2 Å². The lowest BCUT2D eigenvalue weighted by Gasteiger charge is -2.18. The van der Waals surface area contributed by atoms with Gasteiger partial charge in [0.1, 0.15) is 0 Å². The summed E-state index contributed by atoms with van der Waals surface area (Å²) in [5.41, 5.74) is -2.87. The molecule has 0 fully saturated rings. The lowest BCUT2D eigenvalue weighted by molar-refractivity contribution is -0.384. The van der Waals surface area contributed by atoms with Crippen molar-refractivity contribution >= 4 is 16.6 Å². The van der Waals surface area contributed by atoms with Gasteiger partial charge in [-0.1, -0.05) is 6.07 Å². The number of hydrogen-bond donors (Lipinski definition) is 1. The van der Waals surface area contributed by atoms with E-state index in [0.29, 0.717) is 0 Å². The lowest BCUT2D eigenvalue weighted by atomic mass is 10.1. The highest BCUT2D eigenvalue weighted by Crippen LogP contribution is 2.33. The van der Waals surface area contributed by atoms with Crippen LogP contribution in [-0.2, 0) is 6.18 Å². The highest BCUT2D eigenvalue weighted by atomic mass is 19.4. The maximum atomic E-state index is 13.2. The number of benzene rings is 2. The summed E-state index contributed by atoms with van der Waals surface area (Å²) in [5, 5.41) is 11.3. The van der Waals surface area contributed by atoms with Gasteiger partial charge in [0, 0.05) is 23.2 Å². The summed E-state index contributed by atoms with van der Waals surface area (Å²) in [6.45, 7) is 0. The number of non-ortho nitro benzene ring substituents is 1. The number of rotatable bonds is 2. The predicted octanol–water partition coefficient (Wildman–Crippen LogP) is 3.11. The number of aromatic nitrogens is 3. The molecule has 2 heterocycles. The molecule has 11 heteroatoms. The zero-order chi connectivity index (χ0) is 20.9. The first-order valence-electron chi connectivity index (χ1n) is 8.07. The molecule has 0 saturated carbocycles. The summed E-state index contributed by atoms with van der Waals surface area (Å²) in [4.78, 5) is 40.2. The van der Waals surface area contributed by atoms with Crippen LogP contribution in [0.25, 0.3) is 28.0 Å². The Balaban J connectivity index is 2.17. The Bertz CT molecular complexity index is 1370. The number of fused-ring (bicyclic) bond motifs is 2. The second kappa shape index (κ2) is 6.26. The summed E-state index contributed by atoms with van der Waals surface area (Å²) in [6, 6.07) is 9.21. The molecular formula is C18H9F3N4O4. The Morgan fingerprint density at radius 3 is 2.52 bits per heavy atom. The molecule has 2 aliphatic heterocycles. The van der Waals surface area contributed by atoms with Gasteiger partial charge in [0.15, 0.2) is 5.82 Å². The van der Waals surface area contributed by atoms with Crippen molar-refractivity contribution < 1.29 is 18.1 Å². The molecule has 146 valence electrons. The third-order valence-electron chi connectivity index (χ3n) is 4.32. The average Bonchev–Trinajstić information content (AvgIpc) is 2.65. The zero-order valence-corrected chi connectivity index (χ0v) is 14.2. The van der Waals surface area contributed by atoms with E-state index < -0.39 is 27.9 Å².